The second-order valence-corrected chi connectivity index (χ2v) is 14.8. The van der Waals surface area contributed by atoms with Crippen LogP contribution in [0.5, 0.6) is 0 Å². The fourth-order valence-corrected chi connectivity index (χ4v) is 9.77. The van der Waals surface area contributed by atoms with Gasteiger partial charge in [-0.15, -0.1) is 0 Å². The number of hydrogen-bond acceptors (Lipinski definition) is 5. The number of thiocarbonyl (C=S) groups is 1. The molecule has 7 heteroatoms. The second-order valence-electron chi connectivity index (χ2n) is 10.0. The summed E-state index contributed by atoms with van der Waals surface area (Å²) in [6, 6.07) is 21.1. The molecule has 0 amide bonds. The number of benzene rings is 2. The molecular formula is C25H33NO4SSi. The van der Waals surface area contributed by atoms with Crippen molar-refractivity contribution in [3.8, 4) is 0 Å². The van der Waals surface area contributed by atoms with E-state index in [1.165, 1.54) is 10.4 Å². The molecular weight excluding hydrogens is 438 g/mol. The summed E-state index contributed by atoms with van der Waals surface area (Å²) in [5.74, 6) is -0.711. The van der Waals surface area contributed by atoms with E-state index >= 15 is 0 Å². The van der Waals surface area contributed by atoms with Crippen LogP contribution in [-0.4, -0.2) is 50.1 Å². The Morgan fingerprint density at radius 3 is 1.94 bits per heavy atom. The van der Waals surface area contributed by atoms with Gasteiger partial charge < -0.3 is 24.4 Å². The van der Waals surface area contributed by atoms with E-state index in [-0.39, 0.29) is 28.3 Å². The third-order valence-electron chi connectivity index (χ3n) is 6.31. The number of nitrogens with two attached hydrogens (primary N) is 1. The Bertz CT molecular complexity index is 908. The SMILES string of the molecule is CC1(C)OC2[C@@H](O1)[C@@H](CO[Si](c1ccccc1)(c1ccccc1)C(C)(C)C)O[C@H]2C(N)=S. The van der Waals surface area contributed by atoms with Crippen LogP contribution in [-0.2, 0) is 18.6 Å². The van der Waals surface area contributed by atoms with Crippen LogP contribution in [0.3, 0.4) is 0 Å². The molecule has 32 heavy (non-hydrogen) atoms. The van der Waals surface area contributed by atoms with Crippen LogP contribution in [0.4, 0.5) is 0 Å². The van der Waals surface area contributed by atoms with E-state index in [2.05, 4.69) is 69.3 Å². The highest BCUT2D eigenvalue weighted by Crippen LogP contribution is 2.41. The van der Waals surface area contributed by atoms with Crippen molar-refractivity contribution < 1.29 is 18.6 Å². The lowest BCUT2D eigenvalue weighted by Crippen LogP contribution is -2.67. The zero-order valence-corrected chi connectivity index (χ0v) is 21.2. The molecule has 2 saturated heterocycles. The van der Waals surface area contributed by atoms with Gasteiger partial charge >= 0.3 is 0 Å². The highest BCUT2D eigenvalue weighted by atomic mass is 32.1. The van der Waals surface area contributed by atoms with Gasteiger partial charge in [-0.1, -0.05) is 93.7 Å². The Morgan fingerprint density at radius 2 is 1.47 bits per heavy atom. The highest BCUT2D eigenvalue weighted by Gasteiger charge is 2.57. The van der Waals surface area contributed by atoms with E-state index in [0.29, 0.717) is 6.61 Å². The van der Waals surface area contributed by atoms with Gasteiger partial charge in [-0.05, 0) is 29.3 Å². The minimum atomic E-state index is -2.69. The summed E-state index contributed by atoms with van der Waals surface area (Å²) in [6.45, 7) is 11.0. The molecule has 1 unspecified atom stereocenters. The Hall–Kier alpha value is -1.61. The lowest BCUT2D eigenvalue weighted by atomic mass is 10.1. The van der Waals surface area contributed by atoms with Crippen LogP contribution < -0.4 is 16.1 Å². The quantitative estimate of drug-likeness (QED) is 0.516. The van der Waals surface area contributed by atoms with E-state index < -0.39 is 20.2 Å². The molecule has 172 valence electrons. The number of fused-ring (bicyclic) bond motifs is 1. The third-order valence-corrected chi connectivity index (χ3v) is 11.5. The normalized spacial score (nSPS) is 27.3. The molecule has 2 aliphatic rings. The Balaban J connectivity index is 1.71. The van der Waals surface area contributed by atoms with Gasteiger partial charge in [0.25, 0.3) is 8.32 Å². The molecule has 2 N–H and O–H groups in total. The average molecular weight is 472 g/mol. The molecule has 0 saturated carbocycles. The van der Waals surface area contributed by atoms with Gasteiger partial charge in [-0.2, -0.15) is 0 Å². The van der Waals surface area contributed by atoms with Crippen molar-refractivity contribution >= 4 is 35.9 Å². The first-order valence-electron chi connectivity index (χ1n) is 11.1. The van der Waals surface area contributed by atoms with E-state index in [1.54, 1.807) is 0 Å². The van der Waals surface area contributed by atoms with Gasteiger partial charge in [0, 0.05) is 0 Å². The summed E-state index contributed by atoms with van der Waals surface area (Å²) in [6.07, 6.45) is -1.41. The maximum absolute atomic E-state index is 7.05. The minimum absolute atomic E-state index is 0.122. The Kier molecular flexibility index (Phi) is 6.35. The van der Waals surface area contributed by atoms with Gasteiger partial charge in [-0.25, -0.2) is 0 Å². The van der Waals surface area contributed by atoms with Gasteiger partial charge in [0.05, 0.1) is 6.61 Å². The fraction of sp³-hybridized carbons (Fsp3) is 0.480. The maximum Gasteiger partial charge on any atom is 0.261 e. The summed E-state index contributed by atoms with van der Waals surface area (Å²) >= 11 is 5.26. The lowest BCUT2D eigenvalue weighted by molar-refractivity contribution is -0.182. The maximum atomic E-state index is 7.05. The predicted molar refractivity (Wildman–Crippen MR) is 133 cm³/mol. The number of ether oxygens (including phenoxy) is 3. The van der Waals surface area contributed by atoms with Crippen molar-refractivity contribution in [2.24, 2.45) is 5.73 Å². The molecule has 4 atom stereocenters. The van der Waals surface area contributed by atoms with Gasteiger partial charge in [0.2, 0.25) is 0 Å². The van der Waals surface area contributed by atoms with E-state index in [9.17, 15) is 0 Å². The lowest BCUT2D eigenvalue weighted by Gasteiger charge is -2.43. The van der Waals surface area contributed by atoms with Crippen LogP contribution in [0.2, 0.25) is 5.04 Å². The second kappa shape index (κ2) is 8.63. The van der Waals surface area contributed by atoms with E-state index in [0.717, 1.165) is 0 Å². The zero-order chi connectivity index (χ0) is 23.1. The Labute approximate surface area is 197 Å². The first-order chi connectivity index (χ1) is 15.1. The summed E-state index contributed by atoms with van der Waals surface area (Å²) in [5, 5.41) is 2.33. The molecule has 0 aromatic heterocycles. The summed E-state index contributed by atoms with van der Waals surface area (Å²) in [5.41, 5.74) is 5.98. The molecule has 2 aromatic rings. The van der Waals surface area contributed by atoms with Gasteiger partial charge in [-0.3, -0.25) is 0 Å². The molecule has 0 spiro atoms. The summed E-state index contributed by atoms with van der Waals surface area (Å²) in [7, 11) is -2.69. The number of rotatable bonds is 6. The Morgan fingerprint density at radius 1 is 0.969 bits per heavy atom. The van der Waals surface area contributed by atoms with Crippen LogP contribution >= 0.6 is 12.2 Å². The predicted octanol–water partition coefficient (Wildman–Crippen LogP) is 3.14. The monoisotopic (exact) mass is 471 g/mol. The summed E-state index contributed by atoms with van der Waals surface area (Å²) < 4.78 is 25.6. The summed E-state index contributed by atoms with van der Waals surface area (Å²) in [4.78, 5) is 0.286. The highest BCUT2D eigenvalue weighted by molar-refractivity contribution is 7.80. The topological polar surface area (TPSA) is 62.9 Å². The molecule has 2 fully saturated rings. The molecule has 2 aromatic carbocycles. The van der Waals surface area contributed by atoms with Crippen molar-refractivity contribution in [3.63, 3.8) is 0 Å². The van der Waals surface area contributed by atoms with E-state index in [4.69, 9.17) is 36.6 Å². The van der Waals surface area contributed by atoms with E-state index in [1.807, 2.05) is 26.0 Å². The largest absolute Gasteiger partial charge is 0.405 e. The van der Waals surface area contributed by atoms with Gasteiger partial charge in [0.15, 0.2) is 5.79 Å². The average Bonchev–Trinajstić information content (AvgIpc) is 3.22. The smallest absolute Gasteiger partial charge is 0.261 e. The first kappa shape index (κ1) is 23.5. The first-order valence-corrected chi connectivity index (χ1v) is 13.4. The number of hydrogen-bond donors (Lipinski definition) is 1. The van der Waals surface area contributed by atoms with Crippen molar-refractivity contribution in [2.45, 2.75) is 69.9 Å². The molecule has 4 rings (SSSR count). The van der Waals surface area contributed by atoms with Crippen LogP contribution in [0, 0.1) is 0 Å². The van der Waals surface area contributed by atoms with Crippen molar-refractivity contribution in [3.05, 3.63) is 60.7 Å². The molecule has 2 aliphatic heterocycles. The molecule has 2 heterocycles. The van der Waals surface area contributed by atoms with Crippen LogP contribution in [0.25, 0.3) is 0 Å². The molecule has 5 nitrogen and oxygen atoms in total. The fourth-order valence-electron chi connectivity index (χ4n) is 5.01. The minimum Gasteiger partial charge on any atom is -0.405 e. The van der Waals surface area contributed by atoms with Crippen molar-refractivity contribution in [1.29, 1.82) is 0 Å². The van der Waals surface area contributed by atoms with Crippen LogP contribution in [0.1, 0.15) is 34.6 Å². The molecule has 0 bridgehead atoms. The van der Waals surface area contributed by atoms with Crippen molar-refractivity contribution in [1.82, 2.24) is 0 Å². The standard InChI is InChI=1S/C25H33NO4SSi/c1-24(2,3)32(17-12-8-6-9-13-17,18-14-10-7-11-15-18)27-16-19-20-21(22(28-19)23(26)31)30-25(4,5)29-20/h6-15,19-22H,16H2,1-5H3,(H2,26,31)/t19-,20+,21?,22-/m1/s1. The van der Waals surface area contributed by atoms with Gasteiger partial charge in [0.1, 0.15) is 29.4 Å². The molecule has 0 radical (unpaired) electrons. The third kappa shape index (κ3) is 4.18. The van der Waals surface area contributed by atoms with Crippen LogP contribution in [0.15, 0.2) is 60.7 Å². The van der Waals surface area contributed by atoms with Crippen molar-refractivity contribution in [2.75, 3.05) is 6.61 Å². The zero-order valence-electron chi connectivity index (χ0n) is 19.4. The molecule has 0 aliphatic carbocycles.